The number of benzene rings is 1. The van der Waals surface area contributed by atoms with Crippen molar-refractivity contribution in [1.29, 1.82) is 0 Å². The van der Waals surface area contributed by atoms with Crippen LogP contribution in [0.15, 0.2) is 65.4 Å². The molecule has 0 amide bonds. The summed E-state index contributed by atoms with van der Waals surface area (Å²) >= 11 is 2.69. The van der Waals surface area contributed by atoms with E-state index < -0.39 is 10.0 Å². The second-order valence-corrected chi connectivity index (χ2v) is 8.92. The van der Waals surface area contributed by atoms with Gasteiger partial charge in [-0.1, -0.05) is 36.4 Å². The third-order valence-electron chi connectivity index (χ3n) is 3.32. The number of carbonyl (C=O) groups excluding carboxylic acids is 1. The Morgan fingerprint density at radius 2 is 1.80 bits per heavy atom. The minimum atomic E-state index is -3.54. The first kappa shape index (κ1) is 17.8. The van der Waals surface area contributed by atoms with Gasteiger partial charge < -0.3 is 0 Å². The Kier molecular flexibility index (Phi) is 5.60. The second kappa shape index (κ2) is 7.88. The minimum absolute atomic E-state index is 0.0296. The van der Waals surface area contributed by atoms with E-state index in [2.05, 4.69) is 4.72 Å². The molecule has 0 aliphatic carbocycles. The van der Waals surface area contributed by atoms with Crippen LogP contribution in [0.4, 0.5) is 0 Å². The molecule has 2 heterocycles. The van der Waals surface area contributed by atoms with Crippen LogP contribution in [0.5, 0.6) is 0 Å². The van der Waals surface area contributed by atoms with Gasteiger partial charge in [0.1, 0.15) is 0 Å². The van der Waals surface area contributed by atoms with Crippen molar-refractivity contribution in [3.05, 3.63) is 85.6 Å². The van der Waals surface area contributed by atoms with Gasteiger partial charge in [0, 0.05) is 16.8 Å². The number of thiophene rings is 2. The lowest BCUT2D eigenvalue weighted by Gasteiger charge is -2.00. The summed E-state index contributed by atoms with van der Waals surface area (Å²) in [5, 5.41) is 3.00. The smallest absolute Gasteiger partial charge is 0.234 e. The van der Waals surface area contributed by atoms with Gasteiger partial charge in [-0.3, -0.25) is 4.79 Å². The Labute approximate surface area is 154 Å². The predicted octanol–water partition coefficient (Wildman–Crippen LogP) is 4.13. The van der Waals surface area contributed by atoms with Crippen molar-refractivity contribution in [3.63, 3.8) is 0 Å². The lowest BCUT2D eigenvalue weighted by atomic mass is 10.2. The Morgan fingerprint density at radius 3 is 2.52 bits per heavy atom. The van der Waals surface area contributed by atoms with E-state index in [4.69, 9.17) is 0 Å². The fourth-order valence-corrected chi connectivity index (χ4v) is 4.60. The predicted molar refractivity (Wildman–Crippen MR) is 103 cm³/mol. The number of carbonyl (C=O) groups is 1. The van der Waals surface area contributed by atoms with Crippen LogP contribution in [0.3, 0.4) is 0 Å². The van der Waals surface area contributed by atoms with Crippen LogP contribution in [0.1, 0.15) is 25.0 Å². The van der Waals surface area contributed by atoms with Crippen molar-refractivity contribution in [3.8, 4) is 0 Å². The molecule has 0 atom stereocenters. The van der Waals surface area contributed by atoms with Gasteiger partial charge in [-0.05, 0) is 35.2 Å². The van der Waals surface area contributed by atoms with Gasteiger partial charge in [-0.15, -0.1) is 22.7 Å². The molecular formula is C18H15NO3S3. The number of rotatable bonds is 7. The standard InChI is InChI=1S/C18H15NO3S3/c20-18(16-7-4-11-23-16)17-9-8-15(24-17)13-19-25(21,22)12-10-14-5-2-1-3-6-14/h1-12,19H,13H2/b12-10+. The largest absolute Gasteiger partial charge is 0.287 e. The number of hydrogen-bond acceptors (Lipinski definition) is 5. The van der Waals surface area contributed by atoms with Gasteiger partial charge in [0.15, 0.2) is 0 Å². The molecule has 4 nitrogen and oxygen atoms in total. The van der Waals surface area contributed by atoms with Crippen LogP contribution < -0.4 is 4.72 Å². The van der Waals surface area contributed by atoms with Gasteiger partial charge >= 0.3 is 0 Å². The molecule has 128 valence electrons. The van der Waals surface area contributed by atoms with Crippen molar-refractivity contribution in [2.24, 2.45) is 0 Å². The maximum Gasteiger partial charge on any atom is 0.234 e. The van der Waals surface area contributed by atoms with Crippen molar-refractivity contribution in [2.75, 3.05) is 0 Å². The number of nitrogens with one attached hydrogen (secondary N) is 1. The molecule has 0 fully saturated rings. The molecule has 0 bridgehead atoms. The van der Waals surface area contributed by atoms with Gasteiger partial charge in [0.05, 0.1) is 9.75 Å². The summed E-state index contributed by atoms with van der Waals surface area (Å²) in [6, 6.07) is 16.3. The quantitative estimate of drug-likeness (QED) is 0.618. The third-order valence-corrected chi connectivity index (χ3v) is 6.31. The Hall–Kier alpha value is -2.06. The van der Waals surface area contributed by atoms with Crippen molar-refractivity contribution < 1.29 is 13.2 Å². The average Bonchev–Trinajstić information content (AvgIpc) is 3.31. The third kappa shape index (κ3) is 4.96. The van der Waals surface area contributed by atoms with Crippen LogP contribution in [-0.4, -0.2) is 14.2 Å². The molecule has 7 heteroatoms. The molecule has 0 spiro atoms. The lowest BCUT2D eigenvalue weighted by Crippen LogP contribution is -2.19. The zero-order chi connectivity index (χ0) is 17.7. The Balaban J connectivity index is 1.62. The lowest BCUT2D eigenvalue weighted by molar-refractivity contribution is 0.104. The zero-order valence-electron chi connectivity index (χ0n) is 13.1. The monoisotopic (exact) mass is 389 g/mol. The van der Waals surface area contributed by atoms with Crippen LogP contribution in [-0.2, 0) is 16.6 Å². The van der Waals surface area contributed by atoms with Crippen molar-refractivity contribution in [1.82, 2.24) is 4.72 Å². The molecule has 0 saturated carbocycles. The summed E-state index contributed by atoms with van der Waals surface area (Å²) < 4.78 is 26.6. The molecule has 0 saturated heterocycles. The van der Waals surface area contributed by atoms with E-state index in [-0.39, 0.29) is 12.3 Å². The molecule has 2 aromatic heterocycles. The van der Waals surface area contributed by atoms with E-state index in [1.54, 1.807) is 24.3 Å². The molecule has 3 aromatic rings. The highest BCUT2D eigenvalue weighted by Crippen LogP contribution is 2.22. The van der Waals surface area contributed by atoms with Crippen molar-refractivity contribution >= 4 is 44.6 Å². The Bertz CT molecular complexity index is 972. The highest BCUT2D eigenvalue weighted by molar-refractivity contribution is 7.92. The first-order valence-corrected chi connectivity index (χ1v) is 10.7. The van der Waals surface area contributed by atoms with Crippen LogP contribution >= 0.6 is 22.7 Å². The first-order chi connectivity index (χ1) is 12.0. The summed E-state index contributed by atoms with van der Waals surface area (Å²) in [7, 11) is -3.54. The van der Waals surface area contributed by atoms with Gasteiger partial charge in [-0.2, -0.15) is 0 Å². The van der Waals surface area contributed by atoms with E-state index in [0.717, 1.165) is 15.8 Å². The van der Waals surface area contributed by atoms with E-state index in [1.807, 2.05) is 41.8 Å². The fraction of sp³-hybridized carbons (Fsp3) is 0.0556. The van der Waals surface area contributed by atoms with Crippen LogP contribution in [0.2, 0.25) is 0 Å². The average molecular weight is 390 g/mol. The Morgan fingerprint density at radius 1 is 1.00 bits per heavy atom. The maximum absolute atomic E-state index is 12.3. The first-order valence-electron chi connectivity index (χ1n) is 7.43. The molecule has 25 heavy (non-hydrogen) atoms. The zero-order valence-corrected chi connectivity index (χ0v) is 15.5. The van der Waals surface area contributed by atoms with E-state index in [0.29, 0.717) is 9.75 Å². The number of ketones is 1. The van der Waals surface area contributed by atoms with E-state index in [9.17, 15) is 13.2 Å². The van der Waals surface area contributed by atoms with Gasteiger partial charge in [0.25, 0.3) is 0 Å². The van der Waals surface area contributed by atoms with Crippen molar-refractivity contribution in [2.45, 2.75) is 6.54 Å². The van der Waals surface area contributed by atoms with Crippen LogP contribution in [0, 0.1) is 0 Å². The van der Waals surface area contributed by atoms with Crippen LogP contribution in [0.25, 0.3) is 6.08 Å². The SMILES string of the molecule is O=C(c1cccs1)c1ccc(CNS(=O)(=O)/C=C/c2ccccc2)s1. The second-order valence-electron chi connectivity index (χ2n) is 5.15. The molecule has 1 N–H and O–H groups in total. The van der Waals surface area contributed by atoms with Gasteiger partial charge in [-0.25, -0.2) is 13.1 Å². The highest BCUT2D eigenvalue weighted by atomic mass is 32.2. The number of sulfonamides is 1. The fourth-order valence-electron chi connectivity index (χ4n) is 2.08. The molecule has 0 aliphatic heterocycles. The normalized spacial score (nSPS) is 11.8. The topological polar surface area (TPSA) is 63.2 Å². The highest BCUT2D eigenvalue weighted by Gasteiger charge is 2.13. The molecule has 3 rings (SSSR count). The molecule has 1 aromatic carbocycles. The maximum atomic E-state index is 12.3. The summed E-state index contributed by atoms with van der Waals surface area (Å²) in [5.74, 6) is -0.0296. The van der Waals surface area contributed by atoms with Gasteiger partial charge in [0.2, 0.25) is 15.8 Å². The van der Waals surface area contributed by atoms with E-state index >= 15 is 0 Å². The molecular weight excluding hydrogens is 374 g/mol. The molecule has 0 unspecified atom stereocenters. The summed E-state index contributed by atoms with van der Waals surface area (Å²) in [4.78, 5) is 14.3. The molecule has 0 radical (unpaired) electrons. The molecule has 0 aliphatic rings. The number of hydrogen-bond donors (Lipinski definition) is 1. The van der Waals surface area contributed by atoms with E-state index in [1.165, 1.54) is 22.7 Å². The summed E-state index contributed by atoms with van der Waals surface area (Å²) in [6.45, 7) is 0.157. The summed E-state index contributed by atoms with van der Waals surface area (Å²) in [6.07, 6.45) is 1.54. The summed E-state index contributed by atoms with van der Waals surface area (Å²) in [5.41, 5.74) is 0.813. The minimum Gasteiger partial charge on any atom is -0.287 e.